The lowest BCUT2D eigenvalue weighted by molar-refractivity contribution is 0.102. The molecule has 0 unspecified atom stereocenters. The molecule has 0 spiro atoms. The summed E-state index contributed by atoms with van der Waals surface area (Å²) >= 11 is 1.12. The predicted molar refractivity (Wildman–Crippen MR) is 124 cm³/mol. The van der Waals surface area contributed by atoms with E-state index in [9.17, 15) is 13.2 Å². The highest BCUT2D eigenvalue weighted by Gasteiger charge is 2.17. The SMILES string of the molecule is COc1ccc(-c2nc(NC(=O)c3ccc(NS(=O)(=O)c4cccs4)cc3)n[nH]2)c(OC)c1. The van der Waals surface area contributed by atoms with E-state index >= 15 is 0 Å². The summed E-state index contributed by atoms with van der Waals surface area (Å²) in [5.41, 5.74) is 1.29. The molecule has 2 aromatic heterocycles. The summed E-state index contributed by atoms with van der Waals surface area (Å²) in [7, 11) is -0.573. The van der Waals surface area contributed by atoms with Crippen LogP contribution in [0.25, 0.3) is 11.4 Å². The summed E-state index contributed by atoms with van der Waals surface area (Å²) in [4.78, 5) is 16.9. The number of H-pyrrole nitrogens is 1. The molecule has 33 heavy (non-hydrogen) atoms. The minimum absolute atomic E-state index is 0.0790. The van der Waals surface area contributed by atoms with Crippen LogP contribution in [0.5, 0.6) is 11.5 Å². The van der Waals surface area contributed by atoms with E-state index in [1.54, 1.807) is 36.8 Å². The van der Waals surface area contributed by atoms with Crippen LogP contribution >= 0.6 is 11.3 Å². The Hall–Kier alpha value is -3.90. The summed E-state index contributed by atoms with van der Waals surface area (Å²) in [6, 6.07) is 14.4. The topological polar surface area (TPSA) is 135 Å². The molecule has 10 nitrogen and oxygen atoms in total. The molecular formula is C21H19N5O5S2. The van der Waals surface area contributed by atoms with Crippen molar-refractivity contribution in [3.63, 3.8) is 0 Å². The number of carbonyl (C=O) groups is 1. The molecule has 0 saturated heterocycles. The molecular weight excluding hydrogens is 466 g/mol. The molecule has 12 heteroatoms. The number of methoxy groups -OCH3 is 2. The van der Waals surface area contributed by atoms with Crippen LogP contribution in [-0.4, -0.2) is 43.7 Å². The second-order valence-electron chi connectivity index (χ2n) is 6.64. The van der Waals surface area contributed by atoms with Crippen molar-refractivity contribution in [3.05, 3.63) is 65.5 Å². The summed E-state index contributed by atoms with van der Waals surface area (Å²) in [6.45, 7) is 0. The van der Waals surface area contributed by atoms with E-state index in [2.05, 4.69) is 25.2 Å². The van der Waals surface area contributed by atoms with Crippen LogP contribution < -0.4 is 19.5 Å². The Bertz CT molecular complexity index is 1370. The number of rotatable bonds is 8. The van der Waals surface area contributed by atoms with Crippen LogP contribution in [0.3, 0.4) is 0 Å². The highest BCUT2D eigenvalue weighted by Crippen LogP contribution is 2.31. The van der Waals surface area contributed by atoms with Gasteiger partial charge in [-0.3, -0.25) is 19.9 Å². The molecule has 1 amide bonds. The second-order valence-corrected chi connectivity index (χ2v) is 9.50. The molecule has 0 aliphatic rings. The van der Waals surface area contributed by atoms with Crippen LogP contribution in [0.15, 0.2) is 64.2 Å². The van der Waals surface area contributed by atoms with Crippen molar-refractivity contribution in [2.75, 3.05) is 24.3 Å². The number of thiophene rings is 1. The quantitative estimate of drug-likeness (QED) is 0.347. The first-order chi connectivity index (χ1) is 15.9. The molecule has 0 fully saturated rings. The zero-order valence-electron chi connectivity index (χ0n) is 17.5. The third-order valence-corrected chi connectivity index (χ3v) is 7.31. The summed E-state index contributed by atoms with van der Waals surface area (Å²) in [6.07, 6.45) is 0. The molecule has 2 heterocycles. The fourth-order valence-corrected chi connectivity index (χ4v) is 4.97. The standard InChI is InChI=1S/C21H19N5O5S2/c1-30-15-9-10-16(17(12-15)31-2)19-22-21(25-24-19)23-20(27)13-5-7-14(8-6-13)26-33(28,29)18-4-3-11-32-18/h3-12,26H,1-2H3,(H2,22,23,24,25,27). The second kappa shape index (κ2) is 9.30. The third kappa shape index (κ3) is 4.96. The number of anilines is 2. The molecule has 0 atom stereocenters. The van der Waals surface area contributed by atoms with Crippen molar-refractivity contribution < 1.29 is 22.7 Å². The van der Waals surface area contributed by atoms with Crippen LogP contribution in [-0.2, 0) is 10.0 Å². The van der Waals surface area contributed by atoms with E-state index < -0.39 is 15.9 Å². The maximum atomic E-state index is 12.6. The van der Waals surface area contributed by atoms with Crippen LogP contribution in [0.2, 0.25) is 0 Å². The average molecular weight is 486 g/mol. The Morgan fingerprint density at radius 3 is 2.52 bits per heavy atom. The molecule has 0 bridgehead atoms. The highest BCUT2D eigenvalue weighted by atomic mass is 32.2. The Labute approximate surface area is 193 Å². The smallest absolute Gasteiger partial charge is 0.271 e. The number of sulfonamides is 1. The van der Waals surface area contributed by atoms with Gasteiger partial charge in [-0.25, -0.2) is 8.42 Å². The Morgan fingerprint density at radius 2 is 1.85 bits per heavy atom. The first-order valence-corrected chi connectivity index (χ1v) is 11.9. The minimum Gasteiger partial charge on any atom is -0.497 e. The molecule has 0 saturated carbocycles. The number of hydrogen-bond acceptors (Lipinski definition) is 8. The predicted octanol–water partition coefficient (Wildman–Crippen LogP) is 3.60. The van der Waals surface area contributed by atoms with Gasteiger partial charge in [0.1, 0.15) is 15.7 Å². The first kappa shape index (κ1) is 22.3. The van der Waals surface area contributed by atoms with Gasteiger partial charge >= 0.3 is 0 Å². The average Bonchev–Trinajstić information content (AvgIpc) is 3.52. The van der Waals surface area contributed by atoms with Crippen LogP contribution in [0.4, 0.5) is 11.6 Å². The van der Waals surface area contributed by atoms with Crippen molar-refractivity contribution in [2.45, 2.75) is 4.21 Å². The number of carbonyl (C=O) groups excluding carboxylic acids is 1. The van der Waals surface area contributed by atoms with E-state index in [0.29, 0.717) is 34.1 Å². The summed E-state index contributed by atoms with van der Waals surface area (Å²) in [5.74, 6) is 1.20. The Morgan fingerprint density at radius 1 is 1.06 bits per heavy atom. The van der Waals surface area contributed by atoms with Gasteiger partial charge in [-0.1, -0.05) is 6.07 Å². The van der Waals surface area contributed by atoms with E-state index in [0.717, 1.165) is 11.3 Å². The number of hydrogen-bond donors (Lipinski definition) is 3. The molecule has 0 radical (unpaired) electrons. The number of aromatic nitrogens is 3. The van der Waals surface area contributed by atoms with Crippen molar-refractivity contribution >= 4 is 38.9 Å². The van der Waals surface area contributed by atoms with E-state index in [-0.39, 0.29) is 10.2 Å². The van der Waals surface area contributed by atoms with Gasteiger partial charge in [0.05, 0.1) is 19.8 Å². The molecule has 4 aromatic rings. The van der Waals surface area contributed by atoms with Crippen molar-refractivity contribution in [1.29, 1.82) is 0 Å². The number of ether oxygens (including phenoxy) is 2. The molecule has 0 aliphatic carbocycles. The monoisotopic (exact) mass is 485 g/mol. The van der Waals surface area contributed by atoms with Gasteiger partial charge in [0, 0.05) is 17.3 Å². The molecule has 2 aromatic carbocycles. The molecule has 3 N–H and O–H groups in total. The van der Waals surface area contributed by atoms with E-state index in [1.807, 2.05) is 0 Å². The van der Waals surface area contributed by atoms with Crippen molar-refractivity contribution in [2.24, 2.45) is 0 Å². The maximum Gasteiger partial charge on any atom is 0.271 e. The largest absolute Gasteiger partial charge is 0.497 e. The number of benzene rings is 2. The van der Waals surface area contributed by atoms with Gasteiger partial charge in [-0.15, -0.1) is 16.4 Å². The van der Waals surface area contributed by atoms with Gasteiger partial charge < -0.3 is 9.47 Å². The number of amides is 1. The number of nitrogens with zero attached hydrogens (tertiary/aromatic N) is 2. The van der Waals surface area contributed by atoms with Crippen molar-refractivity contribution in [3.8, 4) is 22.9 Å². The van der Waals surface area contributed by atoms with E-state index in [4.69, 9.17) is 9.47 Å². The lowest BCUT2D eigenvalue weighted by atomic mass is 10.2. The normalized spacial score (nSPS) is 11.1. The van der Waals surface area contributed by atoms with Gasteiger partial charge in [-0.05, 0) is 47.8 Å². The zero-order valence-corrected chi connectivity index (χ0v) is 19.2. The number of nitrogens with one attached hydrogen (secondary N) is 3. The van der Waals surface area contributed by atoms with Gasteiger partial charge in [0.15, 0.2) is 5.82 Å². The molecule has 170 valence electrons. The van der Waals surface area contributed by atoms with Gasteiger partial charge in [0.25, 0.3) is 15.9 Å². The van der Waals surface area contributed by atoms with Gasteiger partial charge in [-0.2, -0.15) is 4.98 Å². The zero-order chi connectivity index (χ0) is 23.4. The third-order valence-electron chi connectivity index (χ3n) is 4.53. The fraction of sp³-hybridized carbons (Fsp3) is 0.0952. The summed E-state index contributed by atoms with van der Waals surface area (Å²) < 4.78 is 37.9. The number of aromatic amines is 1. The minimum atomic E-state index is -3.66. The van der Waals surface area contributed by atoms with E-state index in [1.165, 1.54) is 37.4 Å². The fourth-order valence-electron chi connectivity index (χ4n) is 2.92. The van der Waals surface area contributed by atoms with Gasteiger partial charge in [0.2, 0.25) is 5.95 Å². The molecule has 0 aliphatic heterocycles. The lowest BCUT2D eigenvalue weighted by Crippen LogP contribution is -2.14. The maximum absolute atomic E-state index is 12.6. The Balaban J connectivity index is 1.45. The van der Waals surface area contributed by atoms with Crippen LogP contribution in [0, 0.1) is 0 Å². The Kier molecular flexibility index (Phi) is 6.29. The molecule has 4 rings (SSSR count). The lowest BCUT2D eigenvalue weighted by Gasteiger charge is -2.08. The first-order valence-electron chi connectivity index (χ1n) is 9.52. The van der Waals surface area contributed by atoms with Crippen LogP contribution in [0.1, 0.15) is 10.4 Å². The summed E-state index contributed by atoms with van der Waals surface area (Å²) in [5, 5.41) is 11.1. The van der Waals surface area contributed by atoms with Crippen molar-refractivity contribution in [1.82, 2.24) is 15.2 Å². The highest BCUT2D eigenvalue weighted by molar-refractivity contribution is 7.94.